The Balaban J connectivity index is 1.78. The number of hydrogen-bond donors (Lipinski definition) is 1. The third-order valence-electron chi connectivity index (χ3n) is 2.91. The topological polar surface area (TPSA) is 12.0 Å². The quantitative estimate of drug-likeness (QED) is 0.890. The van der Waals surface area contributed by atoms with Gasteiger partial charge in [-0.25, -0.2) is 0 Å². The lowest BCUT2D eigenvalue weighted by Crippen LogP contribution is -2.25. The summed E-state index contributed by atoms with van der Waals surface area (Å²) in [4.78, 5) is 0. The van der Waals surface area contributed by atoms with Crippen LogP contribution < -0.4 is 5.32 Å². The largest absolute Gasteiger partial charge is 0.311 e. The van der Waals surface area contributed by atoms with Crippen molar-refractivity contribution in [1.29, 1.82) is 0 Å². The standard InChI is InChI=1S/C12H16BrNS/c1-15-12(5-6-12)9-14-8-10-3-2-4-11(13)7-10/h2-4,7,14H,5-6,8-9H2,1H3. The molecule has 15 heavy (non-hydrogen) atoms. The Kier molecular flexibility index (Phi) is 3.75. The number of thioether (sulfide) groups is 1. The van der Waals surface area contributed by atoms with Crippen molar-refractivity contribution in [3.05, 3.63) is 34.3 Å². The molecule has 0 spiro atoms. The molecule has 0 heterocycles. The highest BCUT2D eigenvalue weighted by Gasteiger charge is 2.41. The first-order valence-electron chi connectivity index (χ1n) is 5.24. The maximum Gasteiger partial charge on any atom is 0.0282 e. The Bertz CT molecular complexity index is 336. The van der Waals surface area contributed by atoms with Crippen molar-refractivity contribution in [3.8, 4) is 0 Å². The summed E-state index contributed by atoms with van der Waals surface area (Å²) in [5.74, 6) is 0. The van der Waals surface area contributed by atoms with Gasteiger partial charge in [-0.15, -0.1) is 0 Å². The van der Waals surface area contributed by atoms with Crippen LogP contribution in [0.4, 0.5) is 0 Å². The Morgan fingerprint density at radius 2 is 2.27 bits per heavy atom. The van der Waals surface area contributed by atoms with Gasteiger partial charge in [0.25, 0.3) is 0 Å². The molecule has 0 aromatic heterocycles. The number of hydrogen-bond acceptors (Lipinski definition) is 2. The molecular formula is C12H16BrNS. The van der Waals surface area contributed by atoms with Crippen molar-refractivity contribution < 1.29 is 0 Å². The predicted molar refractivity (Wildman–Crippen MR) is 71.3 cm³/mol. The lowest BCUT2D eigenvalue weighted by atomic mass is 10.2. The molecule has 3 heteroatoms. The van der Waals surface area contributed by atoms with Crippen LogP contribution in [0.15, 0.2) is 28.7 Å². The normalized spacial score (nSPS) is 17.7. The first-order valence-corrected chi connectivity index (χ1v) is 7.26. The average Bonchev–Trinajstić information content (AvgIpc) is 2.99. The van der Waals surface area contributed by atoms with Crippen molar-refractivity contribution >= 4 is 27.7 Å². The lowest BCUT2D eigenvalue weighted by Gasteiger charge is -2.13. The fraction of sp³-hybridized carbons (Fsp3) is 0.500. The first-order chi connectivity index (χ1) is 7.24. The highest BCUT2D eigenvalue weighted by atomic mass is 79.9. The van der Waals surface area contributed by atoms with E-state index in [0.29, 0.717) is 4.75 Å². The molecule has 82 valence electrons. The molecule has 0 aliphatic heterocycles. The fourth-order valence-corrected chi connectivity index (χ4v) is 2.88. The minimum atomic E-state index is 0.562. The van der Waals surface area contributed by atoms with E-state index >= 15 is 0 Å². The van der Waals surface area contributed by atoms with E-state index in [1.165, 1.54) is 18.4 Å². The van der Waals surface area contributed by atoms with Gasteiger partial charge in [0.15, 0.2) is 0 Å². The lowest BCUT2D eigenvalue weighted by molar-refractivity contribution is 0.663. The van der Waals surface area contributed by atoms with E-state index in [1.54, 1.807) is 0 Å². The van der Waals surface area contributed by atoms with Crippen LogP contribution in [0.3, 0.4) is 0 Å². The molecular weight excluding hydrogens is 270 g/mol. The zero-order valence-corrected chi connectivity index (χ0v) is 11.3. The van der Waals surface area contributed by atoms with Gasteiger partial charge >= 0.3 is 0 Å². The number of rotatable bonds is 5. The second kappa shape index (κ2) is 4.89. The summed E-state index contributed by atoms with van der Waals surface area (Å²) >= 11 is 5.49. The predicted octanol–water partition coefficient (Wildman–Crippen LogP) is 3.43. The maximum absolute atomic E-state index is 3.54. The van der Waals surface area contributed by atoms with E-state index in [4.69, 9.17) is 0 Å². The van der Waals surface area contributed by atoms with Gasteiger partial charge < -0.3 is 5.32 Å². The second-order valence-electron chi connectivity index (χ2n) is 4.12. The molecule has 1 aliphatic carbocycles. The van der Waals surface area contributed by atoms with Gasteiger partial charge in [-0.1, -0.05) is 28.1 Å². The van der Waals surface area contributed by atoms with Crippen LogP contribution in [0.2, 0.25) is 0 Å². The van der Waals surface area contributed by atoms with Gasteiger partial charge in [0.05, 0.1) is 0 Å². The van der Waals surface area contributed by atoms with Crippen LogP contribution in [-0.4, -0.2) is 17.5 Å². The van der Waals surface area contributed by atoms with Crippen LogP contribution in [0, 0.1) is 0 Å². The molecule has 1 aromatic rings. The molecule has 0 amide bonds. The summed E-state index contributed by atoms with van der Waals surface area (Å²) in [5.41, 5.74) is 1.35. The summed E-state index contributed by atoms with van der Waals surface area (Å²) < 4.78 is 1.72. The smallest absolute Gasteiger partial charge is 0.0282 e. The Labute approximate surface area is 104 Å². The van der Waals surface area contributed by atoms with Crippen molar-refractivity contribution in [1.82, 2.24) is 5.32 Å². The van der Waals surface area contributed by atoms with E-state index in [9.17, 15) is 0 Å². The molecule has 0 saturated heterocycles. The van der Waals surface area contributed by atoms with Crippen LogP contribution in [0.1, 0.15) is 18.4 Å². The van der Waals surface area contributed by atoms with Gasteiger partial charge in [0, 0.05) is 22.3 Å². The number of benzene rings is 1. The zero-order valence-electron chi connectivity index (χ0n) is 8.92. The molecule has 1 N–H and O–H groups in total. The van der Waals surface area contributed by atoms with Crippen molar-refractivity contribution in [2.45, 2.75) is 24.1 Å². The third kappa shape index (κ3) is 3.23. The summed E-state index contributed by atoms with van der Waals surface area (Å²) in [5, 5.41) is 3.54. The monoisotopic (exact) mass is 285 g/mol. The molecule has 0 bridgehead atoms. The fourth-order valence-electron chi connectivity index (χ4n) is 1.67. The molecule has 1 nitrogen and oxygen atoms in total. The maximum atomic E-state index is 3.54. The second-order valence-corrected chi connectivity index (χ2v) is 6.31. The molecule has 1 aliphatic rings. The van der Waals surface area contributed by atoms with Crippen molar-refractivity contribution in [2.75, 3.05) is 12.8 Å². The SMILES string of the molecule is CSC1(CNCc2cccc(Br)c2)CC1. The van der Waals surface area contributed by atoms with Crippen molar-refractivity contribution in [2.24, 2.45) is 0 Å². The van der Waals surface area contributed by atoms with E-state index in [2.05, 4.69) is 51.8 Å². The summed E-state index contributed by atoms with van der Waals surface area (Å²) in [6.45, 7) is 2.11. The van der Waals surface area contributed by atoms with E-state index in [0.717, 1.165) is 17.6 Å². The summed E-state index contributed by atoms with van der Waals surface area (Å²) in [7, 11) is 0. The van der Waals surface area contributed by atoms with Crippen LogP contribution in [0.5, 0.6) is 0 Å². The molecule has 1 fully saturated rings. The van der Waals surface area contributed by atoms with Gasteiger partial charge in [0.2, 0.25) is 0 Å². The van der Waals surface area contributed by atoms with Crippen molar-refractivity contribution in [3.63, 3.8) is 0 Å². The van der Waals surface area contributed by atoms with E-state index < -0.39 is 0 Å². The molecule has 2 rings (SSSR count). The van der Waals surface area contributed by atoms with Gasteiger partial charge in [-0.3, -0.25) is 0 Å². The molecule has 1 aromatic carbocycles. The Morgan fingerprint density at radius 1 is 1.47 bits per heavy atom. The highest BCUT2D eigenvalue weighted by Crippen LogP contribution is 2.46. The minimum absolute atomic E-state index is 0.562. The molecule has 0 radical (unpaired) electrons. The van der Waals surface area contributed by atoms with Gasteiger partial charge in [0.1, 0.15) is 0 Å². The highest BCUT2D eigenvalue weighted by molar-refractivity contribution is 9.10. The van der Waals surface area contributed by atoms with Crippen LogP contribution in [-0.2, 0) is 6.54 Å². The zero-order chi connectivity index (χ0) is 10.7. The van der Waals surface area contributed by atoms with Gasteiger partial charge in [-0.2, -0.15) is 11.8 Å². The average molecular weight is 286 g/mol. The molecule has 0 atom stereocenters. The molecule has 0 unspecified atom stereocenters. The Morgan fingerprint density at radius 3 is 2.87 bits per heavy atom. The Hall–Kier alpha value is 0.01000. The van der Waals surface area contributed by atoms with Crippen LogP contribution >= 0.6 is 27.7 Å². The van der Waals surface area contributed by atoms with Crippen LogP contribution in [0.25, 0.3) is 0 Å². The number of halogens is 1. The van der Waals surface area contributed by atoms with E-state index in [1.807, 2.05) is 11.8 Å². The van der Waals surface area contributed by atoms with E-state index in [-0.39, 0.29) is 0 Å². The summed E-state index contributed by atoms with van der Waals surface area (Å²) in [6.07, 6.45) is 4.97. The first kappa shape index (κ1) is 11.5. The molecule has 1 saturated carbocycles. The number of nitrogens with one attached hydrogen (secondary N) is 1. The minimum Gasteiger partial charge on any atom is -0.311 e. The summed E-state index contributed by atoms with van der Waals surface area (Å²) in [6, 6.07) is 8.48. The van der Waals surface area contributed by atoms with Gasteiger partial charge in [-0.05, 0) is 36.8 Å². The third-order valence-corrected chi connectivity index (χ3v) is 4.82.